The summed E-state index contributed by atoms with van der Waals surface area (Å²) in [4.78, 5) is 0. The van der Waals surface area contributed by atoms with Crippen LogP contribution in [0.3, 0.4) is 0 Å². The van der Waals surface area contributed by atoms with Crippen LogP contribution in [-0.4, -0.2) is 20.3 Å². The minimum absolute atomic E-state index is 0.639. The number of methoxy groups -OCH3 is 1. The zero-order valence-corrected chi connectivity index (χ0v) is 13.7. The summed E-state index contributed by atoms with van der Waals surface area (Å²) >= 11 is 0. The Kier molecular flexibility index (Phi) is 9.71. The van der Waals surface area contributed by atoms with E-state index in [-0.39, 0.29) is 0 Å². The molecule has 0 bridgehead atoms. The lowest BCUT2D eigenvalue weighted by Crippen LogP contribution is -2.06. The molecule has 120 valence electrons. The van der Waals surface area contributed by atoms with Gasteiger partial charge in [-0.3, -0.25) is 0 Å². The van der Waals surface area contributed by atoms with Gasteiger partial charge in [-0.15, -0.1) is 0 Å². The maximum absolute atomic E-state index is 5.92. The fraction of sp³-hybridized carbons (Fsp3) is 0.667. The quantitative estimate of drug-likeness (QED) is 0.583. The second-order valence-electron chi connectivity index (χ2n) is 5.48. The van der Waals surface area contributed by atoms with Crippen LogP contribution in [0.4, 0.5) is 0 Å². The average Bonchev–Trinajstić information content (AvgIpc) is 2.51. The highest BCUT2D eigenvalue weighted by molar-refractivity contribution is 5.40. The Morgan fingerprint density at radius 1 is 1.00 bits per heavy atom. The number of nitrogens with two attached hydrogens (primary N) is 1. The van der Waals surface area contributed by atoms with Crippen LogP contribution in [0.1, 0.15) is 57.4 Å². The first-order chi connectivity index (χ1) is 10.3. The Morgan fingerprint density at radius 2 is 1.71 bits per heavy atom. The molecule has 3 heteroatoms. The Balaban J connectivity index is 2.29. The van der Waals surface area contributed by atoms with Crippen LogP contribution in [0.15, 0.2) is 18.2 Å². The van der Waals surface area contributed by atoms with Crippen molar-refractivity contribution in [2.45, 2.75) is 58.3 Å². The van der Waals surface area contributed by atoms with Crippen molar-refractivity contribution in [2.24, 2.45) is 5.73 Å². The van der Waals surface area contributed by atoms with Gasteiger partial charge in [-0.2, -0.15) is 0 Å². The minimum Gasteiger partial charge on any atom is -0.497 e. The number of unbranched alkanes of at least 4 members (excludes halogenated alkanes) is 6. The van der Waals surface area contributed by atoms with Crippen molar-refractivity contribution in [1.82, 2.24) is 0 Å². The summed E-state index contributed by atoms with van der Waals surface area (Å²) in [5, 5.41) is 0. The molecule has 0 aliphatic heterocycles. The van der Waals surface area contributed by atoms with Crippen molar-refractivity contribution < 1.29 is 9.47 Å². The largest absolute Gasteiger partial charge is 0.497 e. The van der Waals surface area contributed by atoms with Crippen LogP contribution in [0, 0.1) is 0 Å². The lowest BCUT2D eigenvalue weighted by atomic mass is 10.1. The van der Waals surface area contributed by atoms with Crippen molar-refractivity contribution in [1.29, 1.82) is 0 Å². The zero-order chi connectivity index (χ0) is 15.3. The highest BCUT2D eigenvalue weighted by Gasteiger charge is 2.05. The number of benzene rings is 1. The summed E-state index contributed by atoms with van der Waals surface area (Å²) in [6.45, 7) is 3.67. The van der Waals surface area contributed by atoms with Crippen LogP contribution >= 0.6 is 0 Å². The van der Waals surface area contributed by atoms with E-state index in [0.717, 1.165) is 30.9 Å². The topological polar surface area (TPSA) is 44.5 Å². The maximum atomic E-state index is 5.92. The number of ether oxygens (including phenoxy) is 2. The Labute approximate surface area is 129 Å². The smallest absolute Gasteiger partial charge is 0.126 e. The second-order valence-corrected chi connectivity index (χ2v) is 5.48. The lowest BCUT2D eigenvalue weighted by molar-refractivity contribution is 0.299. The lowest BCUT2D eigenvalue weighted by Gasteiger charge is -2.12. The molecule has 1 aromatic carbocycles. The van der Waals surface area contributed by atoms with Crippen molar-refractivity contribution in [3.8, 4) is 11.5 Å². The average molecular weight is 293 g/mol. The summed E-state index contributed by atoms with van der Waals surface area (Å²) < 4.78 is 11.2. The van der Waals surface area contributed by atoms with Crippen LogP contribution in [0.2, 0.25) is 0 Å². The zero-order valence-electron chi connectivity index (χ0n) is 13.7. The molecule has 0 saturated carbocycles. The molecule has 0 saturated heterocycles. The molecule has 1 aromatic rings. The molecule has 0 aliphatic carbocycles. The molecule has 1 rings (SSSR count). The SMILES string of the molecule is CCCCCCCCCOc1cc(OC)ccc1CCN. The van der Waals surface area contributed by atoms with Crippen molar-refractivity contribution >= 4 is 0 Å². The number of hydrogen-bond donors (Lipinski definition) is 1. The van der Waals surface area contributed by atoms with E-state index in [0.29, 0.717) is 6.54 Å². The predicted octanol–water partition coefficient (Wildman–Crippen LogP) is 4.33. The highest BCUT2D eigenvalue weighted by atomic mass is 16.5. The van der Waals surface area contributed by atoms with E-state index in [1.54, 1.807) is 7.11 Å². The monoisotopic (exact) mass is 293 g/mol. The van der Waals surface area contributed by atoms with Gasteiger partial charge in [-0.05, 0) is 31.0 Å². The van der Waals surface area contributed by atoms with Gasteiger partial charge in [0.25, 0.3) is 0 Å². The Hall–Kier alpha value is -1.22. The molecule has 0 aliphatic rings. The molecule has 0 atom stereocenters. The van der Waals surface area contributed by atoms with E-state index in [4.69, 9.17) is 15.2 Å². The summed E-state index contributed by atoms with van der Waals surface area (Å²) in [5.74, 6) is 1.76. The van der Waals surface area contributed by atoms with Crippen LogP contribution < -0.4 is 15.2 Å². The fourth-order valence-corrected chi connectivity index (χ4v) is 2.40. The second kappa shape index (κ2) is 11.4. The molecule has 21 heavy (non-hydrogen) atoms. The summed E-state index contributed by atoms with van der Waals surface area (Å²) in [5.41, 5.74) is 6.82. The number of hydrogen-bond acceptors (Lipinski definition) is 3. The third-order valence-electron chi connectivity index (χ3n) is 3.69. The van der Waals surface area contributed by atoms with Gasteiger partial charge in [-0.25, -0.2) is 0 Å². The molecule has 0 unspecified atom stereocenters. The van der Waals surface area contributed by atoms with Crippen molar-refractivity contribution in [3.05, 3.63) is 23.8 Å². The molecular weight excluding hydrogens is 262 g/mol. The van der Waals surface area contributed by atoms with Gasteiger partial charge in [0.15, 0.2) is 0 Å². The molecular formula is C18H31NO2. The Morgan fingerprint density at radius 3 is 2.38 bits per heavy atom. The van der Waals surface area contributed by atoms with E-state index in [9.17, 15) is 0 Å². The van der Waals surface area contributed by atoms with Gasteiger partial charge in [0.2, 0.25) is 0 Å². The molecule has 0 spiro atoms. The highest BCUT2D eigenvalue weighted by Crippen LogP contribution is 2.25. The summed E-state index contributed by atoms with van der Waals surface area (Å²) in [6, 6.07) is 5.98. The summed E-state index contributed by atoms with van der Waals surface area (Å²) in [6.07, 6.45) is 9.92. The molecule has 0 amide bonds. The van der Waals surface area contributed by atoms with E-state index in [1.807, 2.05) is 18.2 Å². The van der Waals surface area contributed by atoms with Crippen molar-refractivity contribution in [3.63, 3.8) is 0 Å². The molecule has 0 aromatic heterocycles. The Bertz CT molecular complexity index is 379. The molecule has 0 radical (unpaired) electrons. The van der Waals surface area contributed by atoms with E-state index >= 15 is 0 Å². The fourth-order valence-electron chi connectivity index (χ4n) is 2.40. The maximum Gasteiger partial charge on any atom is 0.126 e. The van der Waals surface area contributed by atoms with E-state index < -0.39 is 0 Å². The first kappa shape index (κ1) is 17.8. The van der Waals surface area contributed by atoms with Crippen LogP contribution in [0.25, 0.3) is 0 Å². The van der Waals surface area contributed by atoms with Gasteiger partial charge >= 0.3 is 0 Å². The minimum atomic E-state index is 0.639. The third-order valence-corrected chi connectivity index (χ3v) is 3.69. The van der Waals surface area contributed by atoms with Gasteiger partial charge < -0.3 is 15.2 Å². The van der Waals surface area contributed by atoms with Crippen LogP contribution in [-0.2, 0) is 6.42 Å². The van der Waals surface area contributed by atoms with Gasteiger partial charge in [0, 0.05) is 6.07 Å². The molecule has 3 nitrogen and oxygen atoms in total. The summed E-state index contributed by atoms with van der Waals surface area (Å²) in [7, 11) is 1.68. The first-order valence-electron chi connectivity index (χ1n) is 8.31. The standard InChI is InChI=1S/C18H31NO2/c1-3-4-5-6-7-8-9-14-21-18-15-17(20-2)11-10-16(18)12-13-19/h10-11,15H,3-9,12-14,19H2,1-2H3. The van der Waals surface area contributed by atoms with E-state index in [1.165, 1.54) is 44.1 Å². The van der Waals surface area contributed by atoms with Gasteiger partial charge in [0.1, 0.15) is 11.5 Å². The normalized spacial score (nSPS) is 10.6. The van der Waals surface area contributed by atoms with Crippen molar-refractivity contribution in [2.75, 3.05) is 20.3 Å². The van der Waals surface area contributed by atoms with E-state index in [2.05, 4.69) is 6.92 Å². The molecule has 2 N–H and O–H groups in total. The number of rotatable bonds is 12. The first-order valence-corrected chi connectivity index (χ1v) is 8.31. The third kappa shape index (κ3) is 7.37. The van der Waals surface area contributed by atoms with Gasteiger partial charge in [-0.1, -0.05) is 51.5 Å². The van der Waals surface area contributed by atoms with Crippen LogP contribution in [0.5, 0.6) is 11.5 Å². The van der Waals surface area contributed by atoms with Gasteiger partial charge in [0.05, 0.1) is 13.7 Å². The predicted molar refractivity (Wildman–Crippen MR) is 89.2 cm³/mol. The molecule has 0 heterocycles. The molecule has 0 fully saturated rings.